The van der Waals surface area contributed by atoms with Crippen LogP contribution < -0.4 is 15.6 Å². The van der Waals surface area contributed by atoms with Crippen LogP contribution in [0.25, 0.3) is 10.9 Å². The number of rotatable bonds is 4. The molecule has 0 spiro atoms. The maximum Gasteiger partial charge on any atom is 0.256 e. The van der Waals surface area contributed by atoms with E-state index >= 15 is 0 Å². The summed E-state index contributed by atoms with van der Waals surface area (Å²) in [6, 6.07) is 7.45. The maximum atomic E-state index is 14.3. The minimum absolute atomic E-state index is 0.0132. The standard InChI is InChI=1S/C22H23FN4O3/c1-13-9-16-17(12-19(28)26-21(16)18(23)10-13)22(29)25-14-3-6-24-20(11-14)30-15-4-7-27(2)8-5-15/h3,6,9-12,15H,4-5,7-8H2,1-2H3,(H,26,28)(H,24,25,29). The minimum atomic E-state index is -0.575. The predicted molar refractivity (Wildman–Crippen MR) is 113 cm³/mol. The molecule has 1 amide bonds. The maximum absolute atomic E-state index is 14.3. The van der Waals surface area contributed by atoms with Crippen molar-refractivity contribution >= 4 is 22.5 Å². The van der Waals surface area contributed by atoms with Crippen LogP contribution in [-0.4, -0.2) is 47.0 Å². The van der Waals surface area contributed by atoms with Gasteiger partial charge in [-0.3, -0.25) is 9.59 Å². The van der Waals surface area contributed by atoms with Crippen molar-refractivity contribution in [2.24, 2.45) is 0 Å². The van der Waals surface area contributed by atoms with E-state index in [1.54, 1.807) is 31.3 Å². The van der Waals surface area contributed by atoms with Crippen molar-refractivity contribution in [3.8, 4) is 5.88 Å². The van der Waals surface area contributed by atoms with Gasteiger partial charge < -0.3 is 19.9 Å². The van der Waals surface area contributed by atoms with Crippen LogP contribution in [0.2, 0.25) is 0 Å². The molecule has 4 rings (SSSR count). The van der Waals surface area contributed by atoms with Crippen molar-refractivity contribution in [3.63, 3.8) is 0 Å². The van der Waals surface area contributed by atoms with Crippen molar-refractivity contribution in [1.82, 2.24) is 14.9 Å². The van der Waals surface area contributed by atoms with Gasteiger partial charge >= 0.3 is 0 Å². The number of carbonyl (C=O) groups excluding carboxylic acids is 1. The van der Waals surface area contributed by atoms with E-state index in [1.165, 1.54) is 12.1 Å². The number of pyridine rings is 2. The SMILES string of the molecule is Cc1cc(F)c2[nH]c(=O)cc(C(=O)Nc3ccnc(OC4CCN(C)CC4)c3)c2c1. The summed E-state index contributed by atoms with van der Waals surface area (Å²) in [5.41, 5.74) is 0.708. The van der Waals surface area contributed by atoms with Crippen LogP contribution >= 0.6 is 0 Å². The molecule has 1 aliphatic rings. The number of nitrogens with one attached hydrogen (secondary N) is 2. The molecule has 1 fully saturated rings. The number of aromatic amines is 1. The van der Waals surface area contributed by atoms with Gasteiger partial charge in [0, 0.05) is 42.5 Å². The molecule has 3 aromatic rings. The number of carbonyl (C=O) groups is 1. The van der Waals surface area contributed by atoms with Crippen molar-refractivity contribution in [2.75, 3.05) is 25.5 Å². The van der Waals surface area contributed by atoms with Crippen molar-refractivity contribution in [1.29, 1.82) is 0 Å². The van der Waals surface area contributed by atoms with Crippen LogP contribution in [0.5, 0.6) is 5.88 Å². The predicted octanol–water partition coefficient (Wildman–Crippen LogP) is 3.10. The molecule has 1 saturated heterocycles. The number of hydrogen-bond donors (Lipinski definition) is 2. The third-order valence-electron chi connectivity index (χ3n) is 5.24. The third kappa shape index (κ3) is 4.33. The van der Waals surface area contributed by atoms with Crippen molar-refractivity contribution < 1.29 is 13.9 Å². The largest absolute Gasteiger partial charge is 0.474 e. The number of amides is 1. The Bertz CT molecular complexity index is 1150. The lowest BCUT2D eigenvalue weighted by molar-refractivity contribution is 0.102. The number of ether oxygens (including phenoxy) is 1. The Balaban J connectivity index is 1.57. The van der Waals surface area contributed by atoms with Crippen LogP contribution in [0, 0.1) is 12.7 Å². The molecule has 0 atom stereocenters. The molecule has 30 heavy (non-hydrogen) atoms. The first-order valence-electron chi connectivity index (χ1n) is 9.85. The second kappa shape index (κ2) is 8.23. The van der Waals surface area contributed by atoms with Crippen LogP contribution in [-0.2, 0) is 0 Å². The molecule has 1 aliphatic heterocycles. The van der Waals surface area contributed by atoms with Gasteiger partial charge in [-0.25, -0.2) is 9.37 Å². The van der Waals surface area contributed by atoms with Crippen molar-refractivity contribution in [3.05, 3.63) is 63.8 Å². The van der Waals surface area contributed by atoms with Gasteiger partial charge in [0.25, 0.3) is 5.91 Å². The number of likely N-dealkylation sites (tertiary alicyclic amines) is 1. The van der Waals surface area contributed by atoms with E-state index in [4.69, 9.17) is 4.74 Å². The Morgan fingerprint density at radius 1 is 1.27 bits per heavy atom. The van der Waals surface area contributed by atoms with Gasteiger partial charge in [-0.1, -0.05) is 0 Å². The zero-order valence-electron chi connectivity index (χ0n) is 16.9. The normalized spacial score (nSPS) is 15.3. The fourth-order valence-electron chi connectivity index (χ4n) is 3.66. The summed E-state index contributed by atoms with van der Waals surface area (Å²) in [5, 5.41) is 3.11. The lowest BCUT2D eigenvalue weighted by atomic mass is 10.1. The Labute approximate surface area is 172 Å². The summed E-state index contributed by atoms with van der Waals surface area (Å²) < 4.78 is 20.2. The second-order valence-corrected chi connectivity index (χ2v) is 7.67. The topological polar surface area (TPSA) is 87.3 Å². The highest BCUT2D eigenvalue weighted by atomic mass is 19.1. The Hall–Kier alpha value is -3.26. The third-order valence-corrected chi connectivity index (χ3v) is 5.24. The number of H-pyrrole nitrogens is 1. The summed E-state index contributed by atoms with van der Waals surface area (Å²) in [5.74, 6) is -0.651. The summed E-state index contributed by atoms with van der Waals surface area (Å²) in [6.45, 7) is 3.66. The number of aromatic nitrogens is 2. The van der Waals surface area contributed by atoms with Crippen LogP contribution in [0.15, 0.2) is 41.3 Å². The van der Waals surface area contributed by atoms with E-state index < -0.39 is 17.3 Å². The number of nitrogens with zero attached hydrogens (tertiary/aromatic N) is 2. The lowest BCUT2D eigenvalue weighted by Gasteiger charge is -2.28. The molecule has 0 radical (unpaired) electrons. The van der Waals surface area contributed by atoms with Crippen LogP contribution in [0.4, 0.5) is 10.1 Å². The second-order valence-electron chi connectivity index (χ2n) is 7.67. The number of anilines is 1. The number of halogens is 1. The molecule has 0 unspecified atom stereocenters. The summed E-state index contributed by atoms with van der Waals surface area (Å²) in [7, 11) is 2.08. The minimum Gasteiger partial charge on any atom is -0.474 e. The van der Waals surface area contributed by atoms with E-state index in [-0.39, 0.29) is 17.2 Å². The summed E-state index contributed by atoms with van der Waals surface area (Å²) in [6.07, 6.45) is 3.47. The number of piperidine rings is 1. The van der Waals surface area contributed by atoms with Gasteiger partial charge in [-0.15, -0.1) is 0 Å². The zero-order chi connectivity index (χ0) is 21.3. The molecule has 156 valence electrons. The first-order valence-corrected chi connectivity index (χ1v) is 9.85. The molecule has 0 aliphatic carbocycles. The Kier molecular flexibility index (Phi) is 5.50. The first-order chi connectivity index (χ1) is 14.4. The van der Waals surface area contributed by atoms with Gasteiger partial charge in [0.15, 0.2) is 0 Å². The molecule has 8 heteroatoms. The highest BCUT2D eigenvalue weighted by Gasteiger charge is 2.19. The van der Waals surface area contributed by atoms with Crippen LogP contribution in [0.1, 0.15) is 28.8 Å². The molecular weight excluding hydrogens is 387 g/mol. The highest BCUT2D eigenvalue weighted by molar-refractivity contribution is 6.12. The molecule has 2 N–H and O–H groups in total. The molecule has 2 aromatic heterocycles. The van der Waals surface area contributed by atoms with Gasteiger partial charge in [-0.2, -0.15) is 0 Å². The first kappa shape index (κ1) is 20.0. The zero-order valence-corrected chi connectivity index (χ0v) is 16.9. The molecule has 0 bridgehead atoms. The molecule has 0 saturated carbocycles. The van der Waals surface area contributed by atoms with E-state index in [0.717, 1.165) is 25.9 Å². The van der Waals surface area contributed by atoms with Gasteiger partial charge in [0.2, 0.25) is 11.4 Å². The van der Waals surface area contributed by atoms with E-state index in [1.807, 2.05) is 0 Å². The average molecular weight is 410 g/mol. The Morgan fingerprint density at radius 3 is 2.80 bits per heavy atom. The number of aryl methyl sites for hydroxylation is 1. The molecule has 3 heterocycles. The fraction of sp³-hybridized carbons (Fsp3) is 0.318. The smallest absolute Gasteiger partial charge is 0.256 e. The number of hydrogen-bond acceptors (Lipinski definition) is 5. The van der Waals surface area contributed by atoms with E-state index in [0.29, 0.717) is 22.5 Å². The fourth-order valence-corrected chi connectivity index (χ4v) is 3.66. The van der Waals surface area contributed by atoms with E-state index in [2.05, 4.69) is 27.2 Å². The Morgan fingerprint density at radius 2 is 2.03 bits per heavy atom. The summed E-state index contributed by atoms with van der Waals surface area (Å²) >= 11 is 0. The number of fused-ring (bicyclic) bond motifs is 1. The average Bonchev–Trinajstić information content (AvgIpc) is 2.70. The number of benzene rings is 1. The molecular formula is C22H23FN4O3. The monoisotopic (exact) mass is 410 g/mol. The molecule has 1 aromatic carbocycles. The lowest BCUT2D eigenvalue weighted by Crippen LogP contribution is -2.35. The van der Waals surface area contributed by atoms with Gasteiger partial charge in [-0.05, 0) is 50.6 Å². The van der Waals surface area contributed by atoms with Gasteiger partial charge in [0.05, 0.1) is 11.1 Å². The van der Waals surface area contributed by atoms with Crippen molar-refractivity contribution in [2.45, 2.75) is 25.9 Å². The van der Waals surface area contributed by atoms with E-state index in [9.17, 15) is 14.0 Å². The van der Waals surface area contributed by atoms with Crippen LogP contribution in [0.3, 0.4) is 0 Å². The molecule has 7 nitrogen and oxygen atoms in total. The van der Waals surface area contributed by atoms with Gasteiger partial charge in [0.1, 0.15) is 11.9 Å². The summed E-state index contributed by atoms with van der Waals surface area (Å²) in [4.78, 5) is 33.8. The highest BCUT2D eigenvalue weighted by Crippen LogP contribution is 2.23. The quantitative estimate of drug-likeness (QED) is 0.690.